The van der Waals surface area contributed by atoms with Gasteiger partial charge in [0.1, 0.15) is 17.3 Å². The number of amides is 1. The van der Waals surface area contributed by atoms with E-state index >= 15 is 0 Å². The van der Waals surface area contributed by atoms with Crippen LogP contribution in [0.15, 0.2) is 60.9 Å². The molecule has 0 saturated carbocycles. The van der Waals surface area contributed by atoms with Crippen LogP contribution in [-0.2, 0) is 6.54 Å². The highest BCUT2D eigenvalue weighted by molar-refractivity contribution is 6.33. The Bertz CT molecular complexity index is 1440. The molecule has 0 radical (unpaired) electrons. The molecule has 36 heavy (non-hydrogen) atoms. The molecule has 1 amide bonds. The maximum absolute atomic E-state index is 13.4. The Labute approximate surface area is 211 Å². The first-order chi connectivity index (χ1) is 17.3. The largest absolute Gasteiger partial charge is 0.394 e. The number of carbonyl (C=O) groups is 1. The molecule has 5 rings (SSSR count). The van der Waals surface area contributed by atoms with E-state index in [0.717, 1.165) is 11.1 Å². The normalized spacial score (nSPS) is 14.0. The third-order valence-electron chi connectivity index (χ3n) is 6.19. The third-order valence-corrected chi connectivity index (χ3v) is 6.50. The van der Waals surface area contributed by atoms with Crippen LogP contribution < -0.4 is 5.32 Å². The van der Waals surface area contributed by atoms with Crippen molar-refractivity contribution in [1.82, 2.24) is 19.4 Å². The van der Waals surface area contributed by atoms with Crippen molar-refractivity contribution in [3.05, 3.63) is 94.4 Å². The number of fused-ring (bicyclic) bond motifs is 1. The van der Waals surface area contributed by atoms with Gasteiger partial charge in [0.05, 0.1) is 29.1 Å². The van der Waals surface area contributed by atoms with E-state index < -0.39 is 11.9 Å². The lowest BCUT2D eigenvalue weighted by Gasteiger charge is -2.34. The van der Waals surface area contributed by atoms with Crippen LogP contribution in [0.25, 0.3) is 11.3 Å². The van der Waals surface area contributed by atoms with Crippen molar-refractivity contribution in [1.29, 1.82) is 0 Å². The van der Waals surface area contributed by atoms with Gasteiger partial charge in [-0.05, 0) is 54.4 Å². The number of anilines is 2. The van der Waals surface area contributed by atoms with Gasteiger partial charge in [-0.25, -0.2) is 18.7 Å². The maximum Gasteiger partial charge on any atom is 0.271 e. The summed E-state index contributed by atoms with van der Waals surface area (Å²) in [7, 11) is 0. The molecule has 1 aliphatic rings. The SMILES string of the molecule is Cc1cnc(Nc2ccc(F)cc2Cl)nc1-c1cc2n(c1)CCN([C@@H](CO)c1ccc(F)cc1)C2=O. The highest BCUT2D eigenvalue weighted by Gasteiger charge is 2.31. The first-order valence-electron chi connectivity index (χ1n) is 11.3. The number of nitrogens with zero attached hydrogens (tertiary/aromatic N) is 4. The van der Waals surface area contributed by atoms with Crippen LogP contribution in [0.1, 0.15) is 27.7 Å². The minimum absolute atomic E-state index is 0.199. The van der Waals surface area contributed by atoms with E-state index in [2.05, 4.69) is 15.3 Å². The Morgan fingerprint density at radius 3 is 2.58 bits per heavy atom. The summed E-state index contributed by atoms with van der Waals surface area (Å²) in [5, 5.41) is 13.2. The van der Waals surface area contributed by atoms with Gasteiger partial charge in [-0.2, -0.15) is 0 Å². The Kier molecular flexibility index (Phi) is 6.42. The minimum Gasteiger partial charge on any atom is -0.394 e. The second-order valence-corrected chi connectivity index (χ2v) is 8.94. The zero-order chi connectivity index (χ0) is 25.4. The van der Waals surface area contributed by atoms with Gasteiger partial charge in [0.2, 0.25) is 5.95 Å². The quantitative estimate of drug-likeness (QED) is 0.377. The van der Waals surface area contributed by atoms with Gasteiger partial charge in [0.15, 0.2) is 0 Å². The van der Waals surface area contributed by atoms with Crippen LogP contribution >= 0.6 is 11.6 Å². The number of hydrogen-bond acceptors (Lipinski definition) is 5. The standard InChI is InChI=1S/C26H22ClF2N5O2/c1-15-12-30-26(31-21-7-6-19(29)11-20(21)27)32-24(15)17-10-22-25(36)34(9-8-33(22)13-17)23(14-35)16-2-4-18(28)5-3-16/h2-7,10-13,23,35H,8-9,14H2,1H3,(H,30,31,32)/t23-/m0/s1. The van der Waals surface area contributed by atoms with Crippen LogP contribution in [-0.4, -0.2) is 43.6 Å². The summed E-state index contributed by atoms with van der Waals surface area (Å²) in [6, 6.07) is 11.0. The molecule has 2 aromatic heterocycles. The average molecular weight is 510 g/mol. The summed E-state index contributed by atoms with van der Waals surface area (Å²) in [4.78, 5) is 23.9. The van der Waals surface area contributed by atoms with Crippen LogP contribution in [0.5, 0.6) is 0 Å². The molecule has 1 aliphatic heterocycles. The number of carbonyl (C=O) groups excluding carboxylic acids is 1. The molecule has 0 saturated heterocycles. The molecule has 2 aromatic carbocycles. The minimum atomic E-state index is -0.581. The molecular weight excluding hydrogens is 488 g/mol. The number of aliphatic hydroxyl groups excluding tert-OH is 1. The predicted molar refractivity (Wildman–Crippen MR) is 132 cm³/mol. The fourth-order valence-electron chi connectivity index (χ4n) is 4.34. The van der Waals surface area contributed by atoms with E-state index in [1.165, 1.54) is 30.3 Å². The molecule has 7 nitrogen and oxygen atoms in total. The smallest absolute Gasteiger partial charge is 0.271 e. The number of halogens is 3. The molecule has 1 atom stereocenters. The topological polar surface area (TPSA) is 83.3 Å². The zero-order valence-corrected chi connectivity index (χ0v) is 20.0. The Morgan fingerprint density at radius 2 is 1.86 bits per heavy atom. The summed E-state index contributed by atoms with van der Waals surface area (Å²) < 4.78 is 28.6. The van der Waals surface area contributed by atoms with Gasteiger partial charge in [-0.3, -0.25) is 4.79 Å². The molecule has 0 unspecified atom stereocenters. The highest BCUT2D eigenvalue weighted by Crippen LogP contribution is 2.31. The third kappa shape index (κ3) is 4.55. The van der Waals surface area contributed by atoms with Crippen LogP contribution in [0.3, 0.4) is 0 Å². The van der Waals surface area contributed by atoms with Crippen molar-refractivity contribution < 1.29 is 18.7 Å². The Morgan fingerprint density at radius 1 is 1.11 bits per heavy atom. The van der Waals surface area contributed by atoms with E-state index in [4.69, 9.17) is 11.6 Å². The number of aliphatic hydroxyl groups is 1. The molecule has 3 heterocycles. The van der Waals surface area contributed by atoms with E-state index in [0.29, 0.717) is 35.7 Å². The van der Waals surface area contributed by atoms with Gasteiger partial charge in [0.25, 0.3) is 5.91 Å². The lowest BCUT2D eigenvalue weighted by atomic mass is 10.0. The molecule has 0 bridgehead atoms. The highest BCUT2D eigenvalue weighted by atomic mass is 35.5. The second-order valence-electron chi connectivity index (χ2n) is 8.53. The second kappa shape index (κ2) is 9.67. The molecule has 184 valence electrons. The number of hydrogen-bond donors (Lipinski definition) is 2. The lowest BCUT2D eigenvalue weighted by molar-refractivity contribution is 0.0526. The fraction of sp³-hybridized carbons (Fsp3) is 0.192. The van der Waals surface area contributed by atoms with Crippen LogP contribution in [0.4, 0.5) is 20.4 Å². The molecule has 2 N–H and O–H groups in total. The van der Waals surface area contributed by atoms with E-state index in [9.17, 15) is 18.7 Å². The van der Waals surface area contributed by atoms with Gasteiger partial charge in [-0.1, -0.05) is 23.7 Å². The van der Waals surface area contributed by atoms with Crippen molar-refractivity contribution in [2.45, 2.75) is 19.5 Å². The molecule has 10 heteroatoms. The molecule has 0 aliphatic carbocycles. The van der Waals surface area contributed by atoms with Crippen molar-refractivity contribution >= 4 is 29.1 Å². The van der Waals surface area contributed by atoms with E-state index in [-0.39, 0.29) is 29.3 Å². The molecule has 4 aromatic rings. The van der Waals surface area contributed by atoms with Gasteiger partial charge in [-0.15, -0.1) is 0 Å². The van der Waals surface area contributed by atoms with Crippen molar-refractivity contribution in [2.75, 3.05) is 18.5 Å². The first-order valence-corrected chi connectivity index (χ1v) is 11.7. The van der Waals surface area contributed by atoms with Gasteiger partial charge < -0.3 is 19.9 Å². The summed E-state index contributed by atoms with van der Waals surface area (Å²) in [5.74, 6) is -0.788. The fourth-order valence-corrected chi connectivity index (χ4v) is 4.55. The zero-order valence-electron chi connectivity index (χ0n) is 19.3. The summed E-state index contributed by atoms with van der Waals surface area (Å²) in [6.45, 7) is 2.50. The van der Waals surface area contributed by atoms with Crippen molar-refractivity contribution in [2.24, 2.45) is 0 Å². The van der Waals surface area contributed by atoms with Crippen molar-refractivity contribution in [3.63, 3.8) is 0 Å². The van der Waals surface area contributed by atoms with Gasteiger partial charge >= 0.3 is 0 Å². The first kappa shape index (κ1) is 23.9. The summed E-state index contributed by atoms with van der Waals surface area (Å²) in [5.41, 5.74) is 3.75. The Hall–Kier alpha value is -3.82. The molecular formula is C26H22ClF2N5O2. The lowest BCUT2D eigenvalue weighted by Crippen LogP contribution is -2.43. The summed E-state index contributed by atoms with van der Waals surface area (Å²) in [6.07, 6.45) is 3.52. The van der Waals surface area contributed by atoms with Gasteiger partial charge in [0, 0.05) is 31.0 Å². The van der Waals surface area contributed by atoms with Crippen LogP contribution in [0, 0.1) is 18.6 Å². The molecule has 0 fully saturated rings. The monoisotopic (exact) mass is 509 g/mol. The number of aromatic nitrogens is 3. The molecule has 0 spiro atoms. The average Bonchev–Trinajstić information content (AvgIpc) is 3.30. The van der Waals surface area contributed by atoms with Crippen molar-refractivity contribution in [3.8, 4) is 11.3 Å². The number of benzene rings is 2. The predicted octanol–water partition coefficient (Wildman–Crippen LogP) is 5.12. The number of nitrogens with one attached hydrogen (secondary N) is 1. The maximum atomic E-state index is 13.4. The van der Waals surface area contributed by atoms with E-state index in [1.807, 2.05) is 17.7 Å². The number of aryl methyl sites for hydroxylation is 1. The van der Waals surface area contributed by atoms with Crippen LogP contribution in [0.2, 0.25) is 5.02 Å². The Balaban J connectivity index is 1.43. The van der Waals surface area contributed by atoms with E-state index in [1.54, 1.807) is 29.3 Å². The summed E-state index contributed by atoms with van der Waals surface area (Å²) >= 11 is 6.12. The number of rotatable bonds is 6.